The van der Waals surface area contributed by atoms with Crippen LogP contribution in [0.4, 0.5) is 0 Å². The van der Waals surface area contributed by atoms with Crippen LogP contribution in [0.1, 0.15) is 53.4 Å². The summed E-state index contributed by atoms with van der Waals surface area (Å²) in [6.45, 7) is 14.4. The second-order valence-electron chi connectivity index (χ2n) is 6.16. The normalized spacial score (nSPS) is 25.1. The van der Waals surface area contributed by atoms with E-state index in [-0.39, 0.29) is 0 Å². The van der Waals surface area contributed by atoms with Crippen LogP contribution in [0.5, 0.6) is 0 Å². The van der Waals surface area contributed by atoms with Gasteiger partial charge in [0.2, 0.25) is 0 Å². The molecule has 1 N–H and O–H groups in total. The SMILES string of the molecule is CCCCOCCN1CC(C(C)C)NCC1CCC. The summed E-state index contributed by atoms with van der Waals surface area (Å²) >= 11 is 0. The van der Waals surface area contributed by atoms with Crippen molar-refractivity contribution in [3.8, 4) is 0 Å². The van der Waals surface area contributed by atoms with E-state index in [9.17, 15) is 0 Å². The molecule has 0 aliphatic carbocycles. The maximum atomic E-state index is 5.74. The Kier molecular flexibility index (Phi) is 8.67. The van der Waals surface area contributed by atoms with Crippen LogP contribution < -0.4 is 5.32 Å². The van der Waals surface area contributed by atoms with Crippen LogP contribution in [0.2, 0.25) is 0 Å². The number of unbranched alkanes of at least 4 members (excludes halogenated alkanes) is 1. The lowest BCUT2D eigenvalue weighted by molar-refractivity contribution is 0.0549. The van der Waals surface area contributed by atoms with Crippen molar-refractivity contribution in [3.05, 3.63) is 0 Å². The van der Waals surface area contributed by atoms with Crippen molar-refractivity contribution in [2.75, 3.05) is 32.8 Å². The zero-order chi connectivity index (χ0) is 14.1. The molecule has 0 spiro atoms. The fourth-order valence-electron chi connectivity index (χ4n) is 2.75. The molecule has 1 rings (SSSR count). The van der Waals surface area contributed by atoms with Gasteiger partial charge in [0.15, 0.2) is 0 Å². The molecule has 3 heteroatoms. The van der Waals surface area contributed by atoms with Gasteiger partial charge in [0.25, 0.3) is 0 Å². The Hall–Kier alpha value is -0.120. The molecule has 0 amide bonds. The van der Waals surface area contributed by atoms with Crippen molar-refractivity contribution in [2.45, 2.75) is 65.5 Å². The minimum atomic E-state index is 0.642. The Morgan fingerprint density at radius 1 is 1.21 bits per heavy atom. The Bertz CT molecular complexity index is 221. The second kappa shape index (κ2) is 9.73. The molecule has 0 radical (unpaired) electrons. The molecule has 114 valence electrons. The summed E-state index contributed by atoms with van der Waals surface area (Å²) in [6.07, 6.45) is 4.98. The molecule has 3 nitrogen and oxygen atoms in total. The van der Waals surface area contributed by atoms with Gasteiger partial charge in [-0.25, -0.2) is 0 Å². The van der Waals surface area contributed by atoms with Crippen molar-refractivity contribution >= 4 is 0 Å². The Labute approximate surface area is 120 Å². The topological polar surface area (TPSA) is 24.5 Å². The highest BCUT2D eigenvalue weighted by Gasteiger charge is 2.28. The molecule has 1 aliphatic heterocycles. The predicted octanol–water partition coefficient (Wildman–Crippen LogP) is 2.90. The first-order valence-corrected chi connectivity index (χ1v) is 8.24. The highest BCUT2D eigenvalue weighted by molar-refractivity contribution is 4.87. The van der Waals surface area contributed by atoms with Crippen LogP contribution in [-0.2, 0) is 4.74 Å². The third-order valence-electron chi connectivity index (χ3n) is 4.15. The largest absolute Gasteiger partial charge is 0.380 e. The average Bonchev–Trinajstić information content (AvgIpc) is 2.40. The molecule has 0 aromatic carbocycles. The Morgan fingerprint density at radius 2 is 2.00 bits per heavy atom. The highest BCUT2D eigenvalue weighted by atomic mass is 16.5. The molecule has 1 aliphatic rings. The molecule has 0 aromatic heterocycles. The standard InChI is InChI=1S/C16H34N2O/c1-5-7-10-19-11-9-18-13-16(14(3)4)17-12-15(18)8-6-2/h14-17H,5-13H2,1-4H3. The lowest BCUT2D eigenvalue weighted by Gasteiger charge is -2.42. The maximum Gasteiger partial charge on any atom is 0.0593 e. The minimum Gasteiger partial charge on any atom is -0.380 e. The van der Waals surface area contributed by atoms with E-state index >= 15 is 0 Å². The van der Waals surface area contributed by atoms with Gasteiger partial charge in [-0.15, -0.1) is 0 Å². The van der Waals surface area contributed by atoms with Crippen LogP contribution in [0, 0.1) is 5.92 Å². The summed E-state index contributed by atoms with van der Waals surface area (Å²) in [7, 11) is 0. The van der Waals surface area contributed by atoms with Crippen molar-refractivity contribution < 1.29 is 4.74 Å². The van der Waals surface area contributed by atoms with Gasteiger partial charge in [-0.1, -0.05) is 40.5 Å². The predicted molar refractivity (Wildman–Crippen MR) is 82.6 cm³/mol. The summed E-state index contributed by atoms with van der Waals surface area (Å²) in [6, 6.07) is 1.35. The van der Waals surface area contributed by atoms with Gasteiger partial charge in [-0.2, -0.15) is 0 Å². The third-order valence-corrected chi connectivity index (χ3v) is 4.15. The first-order valence-electron chi connectivity index (χ1n) is 8.24. The summed E-state index contributed by atoms with van der Waals surface area (Å²) < 4.78 is 5.74. The molecule has 0 aromatic rings. The van der Waals surface area contributed by atoms with Crippen LogP contribution >= 0.6 is 0 Å². The zero-order valence-electron chi connectivity index (χ0n) is 13.5. The number of nitrogens with zero attached hydrogens (tertiary/aromatic N) is 1. The van der Waals surface area contributed by atoms with Crippen molar-refractivity contribution in [1.82, 2.24) is 10.2 Å². The summed E-state index contributed by atoms with van der Waals surface area (Å²) in [5.41, 5.74) is 0. The Balaban J connectivity index is 2.34. The number of nitrogens with one attached hydrogen (secondary N) is 1. The molecule has 2 unspecified atom stereocenters. The fraction of sp³-hybridized carbons (Fsp3) is 1.00. The quantitative estimate of drug-likeness (QED) is 0.652. The molecule has 1 fully saturated rings. The first-order chi connectivity index (χ1) is 9.19. The van der Waals surface area contributed by atoms with Crippen LogP contribution in [0.15, 0.2) is 0 Å². The zero-order valence-corrected chi connectivity index (χ0v) is 13.5. The molecule has 1 heterocycles. The molecular formula is C16H34N2O. The Morgan fingerprint density at radius 3 is 2.63 bits per heavy atom. The lowest BCUT2D eigenvalue weighted by atomic mass is 9.97. The van der Waals surface area contributed by atoms with Gasteiger partial charge in [0, 0.05) is 38.3 Å². The van der Waals surface area contributed by atoms with E-state index in [0.717, 1.165) is 26.3 Å². The summed E-state index contributed by atoms with van der Waals surface area (Å²) in [5.74, 6) is 0.714. The fourth-order valence-corrected chi connectivity index (χ4v) is 2.75. The summed E-state index contributed by atoms with van der Waals surface area (Å²) in [5, 5.41) is 3.71. The first kappa shape index (κ1) is 16.9. The van der Waals surface area contributed by atoms with E-state index in [0.29, 0.717) is 18.0 Å². The van der Waals surface area contributed by atoms with Gasteiger partial charge >= 0.3 is 0 Å². The summed E-state index contributed by atoms with van der Waals surface area (Å²) in [4.78, 5) is 2.65. The van der Waals surface area contributed by atoms with E-state index in [1.54, 1.807) is 0 Å². The van der Waals surface area contributed by atoms with Crippen LogP contribution in [0.25, 0.3) is 0 Å². The molecule has 2 atom stereocenters. The number of piperazine rings is 1. The van der Waals surface area contributed by atoms with Gasteiger partial charge < -0.3 is 10.1 Å². The molecule has 19 heavy (non-hydrogen) atoms. The lowest BCUT2D eigenvalue weighted by Crippen LogP contribution is -2.58. The molecule has 0 bridgehead atoms. The van der Waals surface area contributed by atoms with Crippen molar-refractivity contribution in [1.29, 1.82) is 0 Å². The van der Waals surface area contributed by atoms with E-state index < -0.39 is 0 Å². The minimum absolute atomic E-state index is 0.642. The maximum absolute atomic E-state index is 5.74. The number of rotatable bonds is 9. The monoisotopic (exact) mass is 270 g/mol. The van der Waals surface area contributed by atoms with E-state index in [1.165, 1.54) is 32.2 Å². The smallest absolute Gasteiger partial charge is 0.0593 e. The molecule has 0 saturated carbocycles. The van der Waals surface area contributed by atoms with Crippen molar-refractivity contribution in [3.63, 3.8) is 0 Å². The van der Waals surface area contributed by atoms with Crippen LogP contribution in [-0.4, -0.2) is 49.8 Å². The van der Waals surface area contributed by atoms with Crippen LogP contribution in [0.3, 0.4) is 0 Å². The highest BCUT2D eigenvalue weighted by Crippen LogP contribution is 2.15. The average molecular weight is 270 g/mol. The second-order valence-corrected chi connectivity index (χ2v) is 6.16. The van der Waals surface area contributed by atoms with E-state index in [4.69, 9.17) is 4.74 Å². The van der Waals surface area contributed by atoms with Crippen molar-refractivity contribution in [2.24, 2.45) is 5.92 Å². The van der Waals surface area contributed by atoms with E-state index in [2.05, 4.69) is 37.9 Å². The number of hydrogen-bond donors (Lipinski definition) is 1. The van der Waals surface area contributed by atoms with Gasteiger partial charge in [0.1, 0.15) is 0 Å². The van der Waals surface area contributed by atoms with Gasteiger partial charge in [-0.05, 0) is 18.8 Å². The van der Waals surface area contributed by atoms with Gasteiger partial charge in [-0.3, -0.25) is 4.90 Å². The third kappa shape index (κ3) is 6.24. The molecular weight excluding hydrogens is 236 g/mol. The van der Waals surface area contributed by atoms with Gasteiger partial charge in [0.05, 0.1) is 6.61 Å². The van der Waals surface area contributed by atoms with E-state index in [1.807, 2.05) is 0 Å². The number of hydrogen-bond acceptors (Lipinski definition) is 3. The number of ether oxygens (including phenoxy) is 1. The molecule has 1 saturated heterocycles.